The van der Waals surface area contributed by atoms with Gasteiger partial charge in [0.2, 0.25) is 0 Å². The summed E-state index contributed by atoms with van der Waals surface area (Å²) in [5, 5.41) is 15.4. The van der Waals surface area contributed by atoms with Crippen LogP contribution in [-0.2, 0) is 9.53 Å². The molecule has 3 rings (SSSR count). The molecule has 0 spiro atoms. The van der Waals surface area contributed by atoms with E-state index < -0.39 is 12.0 Å². The molecule has 32 heavy (non-hydrogen) atoms. The second-order valence-corrected chi connectivity index (χ2v) is 7.75. The van der Waals surface area contributed by atoms with E-state index in [0.717, 1.165) is 5.56 Å². The van der Waals surface area contributed by atoms with Gasteiger partial charge < -0.3 is 10.1 Å². The van der Waals surface area contributed by atoms with Crippen LogP contribution < -0.4 is 5.32 Å². The summed E-state index contributed by atoms with van der Waals surface area (Å²) in [6.07, 6.45) is 1.72. The summed E-state index contributed by atoms with van der Waals surface area (Å²) in [7, 11) is 0. The number of halogens is 1. The molecule has 0 aliphatic carbocycles. The number of rotatable bonds is 8. The van der Waals surface area contributed by atoms with E-state index in [0.29, 0.717) is 16.3 Å². The van der Waals surface area contributed by atoms with Crippen molar-refractivity contribution < 1.29 is 14.3 Å². The van der Waals surface area contributed by atoms with E-state index in [1.165, 1.54) is 4.68 Å². The highest BCUT2D eigenvalue weighted by Crippen LogP contribution is 2.24. The van der Waals surface area contributed by atoms with Crippen molar-refractivity contribution in [1.29, 1.82) is 0 Å². The third-order valence-electron chi connectivity index (χ3n) is 4.62. The van der Waals surface area contributed by atoms with E-state index in [1.807, 2.05) is 19.9 Å². The number of carbonyl (C=O) groups is 2. The van der Waals surface area contributed by atoms with Crippen molar-refractivity contribution in [3.05, 3.63) is 76.6 Å². The van der Waals surface area contributed by atoms with Crippen molar-refractivity contribution in [1.82, 2.24) is 25.5 Å². The van der Waals surface area contributed by atoms with E-state index >= 15 is 0 Å². The van der Waals surface area contributed by atoms with Crippen LogP contribution in [0.15, 0.2) is 54.6 Å². The zero-order chi connectivity index (χ0) is 23.1. The molecule has 0 aliphatic rings. The van der Waals surface area contributed by atoms with Gasteiger partial charge in [0.1, 0.15) is 0 Å². The number of tetrazole rings is 1. The first-order valence-electron chi connectivity index (χ1n) is 10.2. The summed E-state index contributed by atoms with van der Waals surface area (Å²) in [5.74, 6) is -0.706. The predicted octanol–water partition coefficient (Wildman–Crippen LogP) is 4.01. The number of amides is 1. The summed E-state index contributed by atoms with van der Waals surface area (Å²) >= 11 is 6.00. The van der Waals surface area contributed by atoms with Gasteiger partial charge >= 0.3 is 5.97 Å². The van der Waals surface area contributed by atoms with E-state index in [9.17, 15) is 9.59 Å². The minimum Gasteiger partial charge on any atom is -0.464 e. The SMILES string of the molecule is CCOC(=O)C(C(C)C)n1nnnc1/C(=C/c1ccc(Cl)cc1)NC(=O)c1ccccc1. The molecular formula is C23H24ClN5O3. The molecule has 0 aliphatic heterocycles. The normalized spacial score (nSPS) is 12.5. The van der Waals surface area contributed by atoms with E-state index in [1.54, 1.807) is 61.5 Å². The van der Waals surface area contributed by atoms with Crippen molar-refractivity contribution in [2.75, 3.05) is 6.61 Å². The highest BCUT2D eigenvalue weighted by atomic mass is 35.5. The number of nitrogens with zero attached hydrogens (tertiary/aromatic N) is 4. The molecular weight excluding hydrogens is 430 g/mol. The molecule has 1 heterocycles. The number of nitrogens with one attached hydrogen (secondary N) is 1. The molecule has 0 fully saturated rings. The Morgan fingerprint density at radius 2 is 1.81 bits per heavy atom. The molecule has 1 aromatic heterocycles. The minimum absolute atomic E-state index is 0.155. The summed E-state index contributed by atoms with van der Waals surface area (Å²) in [5.41, 5.74) is 1.57. The summed E-state index contributed by atoms with van der Waals surface area (Å²) in [6.45, 7) is 5.72. The highest BCUT2D eigenvalue weighted by molar-refractivity contribution is 6.30. The first-order valence-corrected chi connectivity index (χ1v) is 10.6. The number of ether oxygens (including phenoxy) is 1. The largest absolute Gasteiger partial charge is 0.464 e. The second kappa shape index (κ2) is 10.7. The average molecular weight is 454 g/mol. The Balaban J connectivity index is 2.06. The van der Waals surface area contributed by atoms with Crippen molar-refractivity contribution in [2.24, 2.45) is 5.92 Å². The molecule has 0 saturated heterocycles. The van der Waals surface area contributed by atoms with E-state index in [2.05, 4.69) is 20.8 Å². The zero-order valence-electron chi connectivity index (χ0n) is 18.0. The molecule has 8 nitrogen and oxygen atoms in total. The van der Waals surface area contributed by atoms with Gasteiger partial charge in [-0.25, -0.2) is 9.48 Å². The van der Waals surface area contributed by atoms with Crippen LogP contribution in [0.4, 0.5) is 0 Å². The van der Waals surface area contributed by atoms with Gasteiger partial charge in [0.05, 0.1) is 12.3 Å². The first kappa shape index (κ1) is 23.1. The maximum absolute atomic E-state index is 12.9. The first-order chi connectivity index (χ1) is 15.4. The number of esters is 1. The monoisotopic (exact) mass is 453 g/mol. The molecule has 2 aromatic carbocycles. The lowest BCUT2D eigenvalue weighted by Crippen LogP contribution is -2.31. The molecule has 3 aromatic rings. The van der Waals surface area contributed by atoms with Gasteiger partial charge in [-0.05, 0) is 59.2 Å². The Bertz CT molecular complexity index is 1090. The Morgan fingerprint density at radius 1 is 1.12 bits per heavy atom. The molecule has 0 radical (unpaired) electrons. The van der Waals surface area contributed by atoms with Crippen LogP contribution in [0.1, 0.15) is 48.6 Å². The summed E-state index contributed by atoms with van der Waals surface area (Å²) in [4.78, 5) is 25.5. The Labute approximate surface area is 191 Å². The standard InChI is InChI=1S/C23H24ClN5O3/c1-4-32-23(31)20(15(2)3)29-21(26-27-28-29)19(14-16-10-12-18(24)13-11-16)25-22(30)17-8-6-5-7-9-17/h5-15,20H,4H2,1-3H3,(H,25,30)/b19-14-. The van der Waals surface area contributed by atoms with Crippen LogP contribution >= 0.6 is 11.6 Å². The maximum Gasteiger partial charge on any atom is 0.331 e. The van der Waals surface area contributed by atoms with Crippen molar-refractivity contribution in [3.63, 3.8) is 0 Å². The second-order valence-electron chi connectivity index (χ2n) is 7.32. The van der Waals surface area contributed by atoms with Gasteiger partial charge in [-0.3, -0.25) is 4.79 Å². The predicted molar refractivity (Wildman–Crippen MR) is 122 cm³/mol. The van der Waals surface area contributed by atoms with Crippen LogP contribution in [0.2, 0.25) is 5.02 Å². The molecule has 1 unspecified atom stereocenters. The van der Waals surface area contributed by atoms with Gasteiger partial charge in [0, 0.05) is 10.6 Å². The van der Waals surface area contributed by atoms with Gasteiger partial charge in [-0.15, -0.1) is 5.10 Å². The van der Waals surface area contributed by atoms with Gasteiger partial charge in [0.25, 0.3) is 5.91 Å². The van der Waals surface area contributed by atoms with Crippen LogP contribution in [-0.4, -0.2) is 38.7 Å². The van der Waals surface area contributed by atoms with Crippen molar-refractivity contribution in [3.8, 4) is 0 Å². The quantitative estimate of drug-likeness (QED) is 0.517. The van der Waals surface area contributed by atoms with Gasteiger partial charge in [0.15, 0.2) is 11.9 Å². The van der Waals surface area contributed by atoms with E-state index in [4.69, 9.17) is 16.3 Å². The molecule has 1 N–H and O–H groups in total. The maximum atomic E-state index is 12.9. The zero-order valence-corrected chi connectivity index (χ0v) is 18.8. The van der Waals surface area contributed by atoms with Gasteiger partial charge in [-0.1, -0.05) is 55.8 Å². The van der Waals surface area contributed by atoms with Crippen LogP contribution in [0.5, 0.6) is 0 Å². The fourth-order valence-corrected chi connectivity index (χ4v) is 3.23. The number of hydrogen-bond donors (Lipinski definition) is 1. The van der Waals surface area contributed by atoms with E-state index in [-0.39, 0.29) is 24.3 Å². The fraction of sp³-hybridized carbons (Fsp3) is 0.261. The lowest BCUT2D eigenvalue weighted by molar-refractivity contribution is -0.149. The lowest BCUT2D eigenvalue weighted by Gasteiger charge is -2.21. The molecule has 1 amide bonds. The Hall–Kier alpha value is -3.52. The van der Waals surface area contributed by atoms with Crippen molar-refractivity contribution in [2.45, 2.75) is 26.8 Å². The average Bonchev–Trinajstić information content (AvgIpc) is 3.24. The number of hydrogen-bond acceptors (Lipinski definition) is 6. The van der Waals surface area contributed by atoms with Crippen LogP contribution in [0.25, 0.3) is 11.8 Å². The smallest absolute Gasteiger partial charge is 0.331 e. The number of benzene rings is 2. The number of carbonyl (C=O) groups excluding carboxylic acids is 2. The molecule has 0 saturated carbocycles. The third kappa shape index (κ3) is 5.59. The van der Waals surface area contributed by atoms with Crippen LogP contribution in [0.3, 0.4) is 0 Å². The minimum atomic E-state index is -0.762. The topological polar surface area (TPSA) is 99.0 Å². The Kier molecular flexibility index (Phi) is 7.72. The third-order valence-corrected chi connectivity index (χ3v) is 4.87. The Morgan fingerprint density at radius 3 is 2.44 bits per heavy atom. The molecule has 0 bridgehead atoms. The van der Waals surface area contributed by atoms with Crippen molar-refractivity contribution >= 4 is 35.3 Å². The molecule has 9 heteroatoms. The summed E-state index contributed by atoms with van der Waals surface area (Å²) in [6, 6.07) is 15.1. The molecule has 166 valence electrons. The number of aromatic nitrogens is 4. The summed E-state index contributed by atoms with van der Waals surface area (Å²) < 4.78 is 6.61. The van der Waals surface area contributed by atoms with Gasteiger partial charge in [-0.2, -0.15) is 0 Å². The van der Waals surface area contributed by atoms with Crippen LogP contribution in [0, 0.1) is 5.92 Å². The fourth-order valence-electron chi connectivity index (χ4n) is 3.11. The molecule has 1 atom stereocenters. The lowest BCUT2D eigenvalue weighted by atomic mass is 10.0. The highest BCUT2D eigenvalue weighted by Gasteiger charge is 2.31.